The zero-order chi connectivity index (χ0) is 7.33. The van der Waals surface area contributed by atoms with E-state index in [2.05, 4.69) is 26.1 Å². The molecule has 0 rings (SSSR count). The Kier molecular flexibility index (Phi) is 3.32. The average Bonchev–Trinajstić information content (AvgIpc) is 1.63. The van der Waals surface area contributed by atoms with Gasteiger partial charge in [0.05, 0.1) is 0 Å². The third-order valence-corrected chi connectivity index (χ3v) is 0.770. The second kappa shape index (κ2) is 3.51. The fourth-order valence-corrected chi connectivity index (χ4v) is 0.377. The maximum Gasteiger partial charge on any atom is 0.0283 e. The number of hydrogen-bond acceptors (Lipinski definition) is 2. The molecule has 0 aromatic carbocycles. The van der Waals surface area contributed by atoms with E-state index in [1.807, 2.05) is 12.3 Å². The van der Waals surface area contributed by atoms with Gasteiger partial charge in [-0.15, -0.1) is 0 Å². The van der Waals surface area contributed by atoms with Gasteiger partial charge < -0.3 is 11.1 Å². The van der Waals surface area contributed by atoms with Crippen LogP contribution in [0.2, 0.25) is 0 Å². The van der Waals surface area contributed by atoms with E-state index >= 15 is 0 Å². The largest absolute Gasteiger partial charge is 0.387 e. The van der Waals surface area contributed by atoms with Gasteiger partial charge in [-0.2, -0.15) is 0 Å². The molecule has 0 aliphatic rings. The van der Waals surface area contributed by atoms with Crippen molar-refractivity contribution in [2.75, 3.05) is 6.54 Å². The first-order valence-corrected chi connectivity index (χ1v) is 3.19. The van der Waals surface area contributed by atoms with Crippen molar-refractivity contribution in [2.45, 2.75) is 26.3 Å². The Bertz CT molecular complexity index is 89.6. The molecule has 0 radical (unpaired) electrons. The molecule has 0 unspecified atom stereocenters. The smallest absolute Gasteiger partial charge is 0.0283 e. The molecule has 0 heterocycles. The summed E-state index contributed by atoms with van der Waals surface area (Å²) in [6.45, 7) is 6.92. The van der Waals surface area contributed by atoms with Gasteiger partial charge in [0.2, 0.25) is 0 Å². The summed E-state index contributed by atoms with van der Waals surface area (Å²) in [6, 6.07) is 0. The minimum absolute atomic E-state index is 0.158. The Morgan fingerprint density at radius 2 is 2.00 bits per heavy atom. The highest BCUT2D eigenvalue weighted by Gasteiger charge is 2.03. The first kappa shape index (κ1) is 8.50. The highest BCUT2D eigenvalue weighted by molar-refractivity contribution is 4.85. The second-order valence-corrected chi connectivity index (χ2v) is 3.03. The van der Waals surface area contributed by atoms with Crippen molar-refractivity contribution < 1.29 is 0 Å². The van der Waals surface area contributed by atoms with Crippen LogP contribution in [0.25, 0.3) is 0 Å². The molecule has 3 N–H and O–H groups in total. The van der Waals surface area contributed by atoms with Gasteiger partial charge in [0.15, 0.2) is 0 Å². The van der Waals surface area contributed by atoms with Crippen LogP contribution in [-0.2, 0) is 0 Å². The Morgan fingerprint density at radius 3 is 2.33 bits per heavy atom. The fourth-order valence-electron chi connectivity index (χ4n) is 0.377. The van der Waals surface area contributed by atoms with Crippen molar-refractivity contribution in [3.8, 4) is 0 Å². The molecule has 0 aliphatic carbocycles. The van der Waals surface area contributed by atoms with Crippen molar-refractivity contribution in [1.82, 2.24) is 5.32 Å². The van der Waals surface area contributed by atoms with Crippen molar-refractivity contribution in [3.63, 3.8) is 0 Å². The van der Waals surface area contributed by atoms with E-state index in [1.165, 1.54) is 0 Å². The summed E-state index contributed by atoms with van der Waals surface area (Å²) in [5, 5.41) is 3.16. The Morgan fingerprint density at radius 1 is 1.44 bits per heavy atom. The van der Waals surface area contributed by atoms with Crippen LogP contribution in [0.15, 0.2) is 12.3 Å². The van der Waals surface area contributed by atoms with Crippen molar-refractivity contribution >= 4 is 0 Å². The maximum atomic E-state index is 5.23. The standard InChI is InChI=1S/C7H16N2/c1-7(2,3)9-6-4-5-8/h4,6,9H,5,8H2,1-3H3. The van der Waals surface area contributed by atoms with Gasteiger partial charge in [-0.25, -0.2) is 0 Å². The van der Waals surface area contributed by atoms with E-state index in [4.69, 9.17) is 5.73 Å². The molecule has 9 heavy (non-hydrogen) atoms. The fraction of sp³-hybridized carbons (Fsp3) is 0.714. The molecular weight excluding hydrogens is 112 g/mol. The third kappa shape index (κ3) is 7.50. The molecule has 0 aromatic rings. The highest BCUT2D eigenvalue weighted by atomic mass is 14.9. The summed E-state index contributed by atoms with van der Waals surface area (Å²) in [5.74, 6) is 0. The molecule has 0 saturated carbocycles. The van der Waals surface area contributed by atoms with Crippen LogP contribution < -0.4 is 11.1 Å². The van der Waals surface area contributed by atoms with E-state index in [1.54, 1.807) is 0 Å². The summed E-state index contributed by atoms with van der Waals surface area (Å²) in [7, 11) is 0. The van der Waals surface area contributed by atoms with Gasteiger partial charge in [-0.1, -0.05) is 6.08 Å². The second-order valence-electron chi connectivity index (χ2n) is 3.03. The molecule has 0 amide bonds. The lowest BCUT2D eigenvalue weighted by molar-refractivity contribution is 0.491. The van der Waals surface area contributed by atoms with Gasteiger partial charge in [-0.05, 0) is 27.0 Å². The van der Waals surface area contributed by atoms with Gasteiger partial charge in [0.1, 0.15) is 0 Å². The highest BCUT2D eigenvalue weighted by Crippen LogP contribution is 1.96. The number of nitrogens with two attached hydrogens (primary N) is 1. The van der Waals surface area contributed by atoms with Gasteiger partial charge >= 0.3 is 0 Å². The van der Waals surface area contributed by atoms with Gasteiger partial charge in [-0.3, -0.25) is 0 Å². The lowest BCUT2D eigenvalue weighted by Gasteiger charge is -2.18. The summed E-state index contributed by atoms with van der Waals surface area (Å²) in [4.78, 5) is 0. The van der Waals surface area contributed by atoms with E-state index in [9.17, 15) is 0 Å². The summed E-state index contributed by atoms with van der Waals surface area (Å²) >= 11 is 0. The molecular formula is C7H16N2. The van der Waals surface area contributed by atoms with Crippen LogP contribution in [0.1, 0.15) is 20.8 Å². The van der Waals surface area contributed by atoms with Crippen LogP contribution in [-0.4, -0.2) is 12.1 Å². The lowest BCUT2D eigenvalue weighted by atomic mass is 10.1. The molecule has 0 atom stereocenters. The molecule has 2 heteroatoms. The predicted molar refractivity (Wildman–Crippen MR) is 41.1 cm³/mol. The molecule has 0 aromatic heterocycles. The summed E-state index contributed by atoms with van der Waals surface area (Å²) < 4.78 is 0. The van der Waals surface area contributed by atoms with Crippen molar-refractivity contribution in [2.24, 2.45) is 5.73 Å². The van der Waals surface area contributed by atoms with Gasteiger partial charge in [0, 0.05) is 12.1 Å². The molecule has 0 fully saturated rings. The Balaban J connectivity index is 3.38. The molecule has 0 aliphatic heterocycles. The van der Waals surface area contributed by atoms with Crippen molar-refractivity contribution in [1.29, 1.82) is 0 Å². The molecule has 0 spiro atoms. The lowest BCUT2D eigenvalue weighted by Crippen LogP contribution is -2.31. The topological polar surface area (TPSA) is 38.0 Å². The molecule has 0 saturated heterocycles. The first-order chi connectivity index (χ1) is 4.06. The van der Waals surface area contributed by atoms with Crippen LogP contribution >= 0.6 is 0 Å². The number of nitrogens with one attached hydrogen (secondary N) is 1. The van der Waals surface area contributed by atoms with E-state index < -0.39 is 0 Å². The predicted octanol–water partition coefficient (Wildman–Crippen LogP) is 0.847. The third-order valence-electron chi connectivity index (χ3n) is 0.770. The zero-order valence-electron chi connectivity index (χ0n) is 6.44. The van der Waals surface area contributed by atoms with Crippen LogP contribution in [0.3, 0.4) is 0 Å². The minimum Gasteiger partial charge on any atom is -0.387 e. The van der Waals surface area contributed by atoms with E-state index in [0.29, 0.717) is 6.54 Å². The monoisotopic (exact) mass is 128 g/mol. The van der Waals surface area contributed by atoms with Crippen LogP contribution in [0, 0.1) is 0 Å². The van der Waals surface area contributed by atoms with Gasteiger partial charge in [0.25, 0.3) is 0 Å². The van der Waals surface area contributed by atoms with Crippen LogP contribution in [0.5, 0.6) is 0 Å². The van der Waals surface area contributed by atoms with E-state index in [-0.39, 0.29) is 5.54 Å². The summed E-state index contributed by atoms with van der Waals surface area (Å²) in [6.07, 6.45) is 3.78. The van der Waals surface area contributed by atoms with Crippen molar-refractivity contribution in [3.05, 3.63) is 12.3 Å². The maximum absolute atomic E-state index is 5.23. The zero-order valence-corrected chi connectivity index (χ0v) is 6.44. The molecule has 0 bridgehead atoms. The normalized spacial score (nSPS) is 12.4. The first-order valence-electron chi connectivity index (χ1n) is 3.19. The Labute approximate surface area is 57.1 Å². The minimum atomic E-state index is 0.158. The average molecular weight is 128 g/mol. The van der Waals surface area contributed by atoms with E-state index in [0.717, 1.165) is 0 Å². The quantitative estimate of drug-likeness (QED) is 0.578. The number of hydrogen-bond donors (Lipinski definition) is 2. The SMILES string of the molecule is CC(C)(C)NC=CCN. The number of rotatable bonds is 2. The Hall–Kier alpha value is -0.500. The summed E-state index contributed by atoms with van der Waals surface area (Å²) in [5.41, 5.74) is 5.39. The molecule has 2 nitrogen and oxygen atoms in total. The van der Waals surface area contributed by atoms with Crippen LogP contribution in [0.4, 0.5) is 0 Å². The molecule has 54 valence electrons.